The van der Waals surface area contributed by atoms with Crippen molar-refractivity contribution in [3.05, 3.63) is 17.7 Å². The first-order valence-corrected chi connectivity index (χ1v) is 7.70. The maximum atomic E-state index is 5.64. The molecular formula is C17H27NO3. The van der Waals surface area contributed by atoms with E-state index in [0.29, 0.717) is 17.4 Å². The van der Waals surface area contributed by atoms with Crippen molar-refractivity contribution < 1.29 is 14.2 Å². The third-order valence-electron chi connectivity index (χ3n) is 4.39. The fourth-order valence-electron chi connectivity index (χ4n) is 3.06. The van der Waals surface area contributed by atoms with Crippen LogP contribution in [0.15, 0.2) is 12.1 Å². The van der Waals surface area contributed by atoms with Crippen LogP contribution in [0.1, 0.15) is 38.3 Å². The molecule has 4 heteroatoms. The second kappa shape index (κ2) is 7.03. The van der Waals surface area contributed by atoms with Crippen LogP contribution in [0.5, 0.6) is 17.2 Å². The first-order chi connectivity index (χ1) is 10.2. The average molecular weight is 293 g/mol. The highest BCUT2D eigenvalue weighted by atomic mass is 16.5. The second-order valence-corrected chi connectivity index (χ2v) is 5.66. The molecule has 1 N–H and O–H groups in total. The molecule has 1 aliphatic rings. The Morgan fingerprint density at radius 3 is 2.24 bits per heavy atom. The van der Waals surface area contributed by atoms with Crippen LogP contribution in [0, 0.1) is 11.8 Å². The zero-order valence-electron chi connectivity index (χ0n) is 13.7. The number of hydrogen-bond acceptors (Lipinski definition) is 4. The number of benzene rings is 1. The van der Waals surface area contributed by atoms with Crippen LogP contribution in [-0.2, 0) is 0 Å². The van der Waals surface area contributed by atoms with Gasteiger partial charge in [0, 0.05) is 11.6 Å². The van der Waals surface area contributed by atoms with E-state index in [9.17, 15) is 0 Å². The molecule has 1 aliphatic carbocycles. The standard InChI is InChI=1S/C17H27NO3/c1-6-18-15(11(2)12-7-8-12)13-9-10-14(19-3)17(21-5)16(13)20-4/h9-12,15,18H,6-8H2,1-5H3. The predicted molar refractivity (Wildman–Crippen MR) is 84.4 cm³/mol. The molecule has 21 heavy (non-hydrogen) atoms. The lowest BCUT2D eigenvalue weighted by molar-refractivity contribution is 0.305. The zero-order chi connectivity index (χ0) is 15.4. The average Bonchev–Trinajstić information content (AvgIpc) is 3.35. The summed E-state index contributed by atoms with van der Waals surface area (Å²) in [5.41, 5.74) is 1.15. The highest BCUT2D eigenvalue weighted by Gasteiger charge is 2.35. The number of nitrogens with one attached hydrogen (secondary N) is 1. The molecule has 2 rings (SSSR count). The van der Waals surface area contributed by atoms with Gasteiger partial charge in [-0.3, -0.25) is 0 Å². The minimum absolute atomic E-state index is 0.275. The Balaban J connectivity index is 2.43. The quantitative estimate of drug-likeness (QED) is 0.797. The summed E-state index contributed by atoms with van der Waals surface area (Å²) in [5.74, 6) is 3.54. The number of hydrogen-bond donors (Lipinski definition) is 1. The normalized spacial score (nSPS) is 17.2. The molecule has 0 aromatic heterocycles. The molecule has 0 heterocycles. The van der Waals surface area contributed by atoms with Gasteiger partial charge in [0.1, 0.15) is 0 Å². The van der Waals surface area contributed by atoms with Gasteiger partial charge in [-0.15, -0.1) is 0 Å². The molecule has 2 atom stereocenters. The van der Waals surface area contributed by atoms with E-state index in [0.717, 1.165) is 23.8 Å². The number of methoxy groups -OCH3 is 3. The van der Waals surface area contributed by atoms with Crippen molar-refractivity contribution in [2.45, 2.75) is 32.7 Å². The topological polar surface area (TPSA) is 39.7 Å². The third-order valence-corrected chi connectivity index (χ3v) is 4.39. The lowest BCUT2D eigenvalue weighted by atomic mass is 9.89. The fourth-order valence-corrected chi connectivity index (χ4v) is 3.06. The molecule has 0 bridgehead atoms. The summed E-state index contributed by atoms with van der Waals surface area (Å²) in [7, 11) is 4.98. The monoisotopic (exact) mass is 293 g/mol. The predicted octanol–water partition coefficient (Wildman–Crippen LogP) is 3.41. The summed E-state index contributed by atoms with van der Waals surface area (Å²) in [5, 5.41) is 3.61. The molecule has 118 valence electrons. The summed E-state index contributed by atoms with van der Waals surface area (Å²) in [4.78, 5) is 0. The summed E-state index contributed by atoms with van der Waals surface area (Å²) in [6, 6.07) is 4.32. The molecule has 0 radical (unpaired) electrons. The van der Waals surface area contributed by atoms with E-state index < -0.39 is 0 Å². The fraction of sp³-hybridized carbons (Fsp3) is 0.647. The zero-order valence-corrected chi connectivity index (χ0v) is 13.7. The van der Waals surface area contributed by atoms with Crippen LogP contribution in [0.3, 0.4) is 0 Å². The third kappa shape index (κ3) is 3.26. The molecule has 0 amide bonds. The van der Waals surface area contributed by atoms with Crippen LogP contribution in [0.2, 0.25) is 0 Å². The molecule has 2 unspecified atom stereocenters. The van der Waals surface area contributed by atoms with Crippen molar-refractivity contribution in [2.75, 3.05) is 27.9 Å². The van der Waals surface area contributed by atoms with E-state index in [1.807, 2.05) is 6.07 Å². The first kappa shape index (κ1) is 16.0. The highest BCUT2D eigenvalue weighted by molar-refractivity contribution is 5.56. The minimum atomic E-state index is 0.275. The van der Waals surface area contributed by atoms with Gasteiger partial charge in [0.15, 0.2) is 11.5 Å². The van der Waals surface area contributed by atoms with Crippen molar-refractivity contribution in [3.8, 4) is 17.2 Å². The Labute approximate surface area is 127 Å². The SMILES string of the molecule is CCNC(c1ccc(OC)c(OC)c1OC)C(C)C1CC1. The molecule has 0 saturated heterocycles. The number of ether oxygens (including phenoxy) is 3. The first-order valence-electron chi connectivity index (χ1n) is 7.70. The molecule has 1 aromatic rings. The Morgan fingerprint density at radius 2 is 1.76 bits per heavy atom. The van der Waals surface area contributed by atoms with E-state index in [-0.39, 0.29) is 6.04 Å². The molecule has 4 nitrogen and oxygen atoms in total. The molecule has 0 spiro atoms. The van der Waals surface area contributed by atoms with Gasteiger partial charge in [0.05, 0.1) is 21.3 Å². The Morgan fingerprint density at radius 1 is 1.10 bits per heavy atom. The molecular weight excluding hydrogens is 266 g/mol. The van der Waals surface area contributed by atoms with Crippen molar-refractivity contribution in [2.24, 2.45) is 11.8 Å². The van der Waals surface area contributed by atoms with Gasteiger partial charge >= 0.3 is 0 Å². The summed E-state index contributed by atoms with van der Waals surface area (Å²) in [6.07, 6.45) is 2.66. The largest absolute Gasteiger partial charge is 0.493 e. The molecule has 0 aliphatic heterocycles. The van der Waals surface area contributed by atoms with Gasteiger partial charge in [0.25, 0.3) is 0 Å². The van der Waals surface area contributed by atoms with Gasteiger partial charge in [-0.05, 0) is 43.4 Å². The Bertz CT molecular complexity index is 471. The van der Waals surface area contributed by atoms with Gasteiger partial charge in [-0.2, -0.15) is 0 Å². The summed E-state index contributed by atoms with van der Waals surface area (Å²) >= 11 is 0. The molecule has 1 aromatic carbocycles. The van der Waals surface area contributed by atoms with Crippen molar-refractivity contribution >= 4 is 0 Å². The van der Waals surface area contributed by atoms with E-state index in [1.54, 1.807) is 21.3 Å². The van der Waals surface area contributed by atoms with E-state index in [2.05, 4.69) is 25.2 Å². The minimum Gasteiger partial charge on any atom is -0.493 e. The highest BCUT2D eigenvalue weighted by Crippen LogP contribution is 2.48. The van der Waals surface area contributed by atoms with Crippen LogP contribution in [0.4, 0.5) is 0 Å². The van der Waals surface area contributed by atoms with Gasteiger partial charge < -0.3 is 19.5 Å². The van der Waals surface area contributed by atoms with Crippen LogP contribution >= 0.6 is 0 Å². The van der Waals surface area contributed by atoms with Gasteiger partial charge in [-0.1, -0.05) is 13.8 Å². The Hall–Kier alpha value is -1.42. The van der Waals surface area contributed by atoms with Crippen molar-refractivity contribution in [3.63, 3.8) is 0 Å². The number of rotatable bonds is 8. The molecule has 1 saturated carbocycles. The summed E-state index contributed by atoms with van der Waals surface area (Å²) in [6.45, 7) is 5.39. The summed E-state index contributed by atoms with van der Waals surface area (Å²) < 4.78 is 16.5. The van der Waals surface area contributed by atoms with Crippen LogP contribution in [0.25, 0.3) is 0 Å². The van der Waals surface area contributed by atoms with E-state index >= 15 is 0 Å². The maximum Gasteiger partial charge on any atom is 0.203 e. The Kier molecular flexibility index (Phi) is 5.34. The van der Waals surface area contributed by atoms with Crippen molar-refractivity contribution in [1.29, 1.82) is 0 Å². The second-order valence-electron chi connectivity index (χ2n) is 5.66. The van der Waals surface area contributed by atoms with E-state index in [4.69, 9.17) is 14.2 Å². The van der Waals surface area contributed by atoms with Gasteiger partial charge in [0.2, 0.25) is 5.75 Å². The lowest BCUT2D eigenvalue weighted by Crippen LogP contribution is -2.28. The molecule has 1 fully saturated rings. The van der Waals surface area contributed by atoms with Crippen LogP contribution in [-0.4, -0.2) is 27.9 Å². The lowest BCUT2D eigenvalue weighted by Gasteiger charge is -2.28. The van der Waals surface area contributed by atoms with Gasteiger partial charge in [-0.25, -0.2) is 0 Å². The maximum absolute atomic E-state index is 5.64. The van der Waals surface area contributed by atoms with Crippen LogP contribution < -0.4 is 19.5 Å². The smallest absolute Gasteiger partial charge is 0.203 e. The van der Waals surface area contributed by atoms with Crippen molar-refractivity contribution in [1.82, 2.24) is 5.32 Å². The van der Waals surface area contributed by atoms with E-state index in [1.165, 1.54) is 12.8 Å².